The lowest BCUT2D eigenvalue weighted by Gasteiger charge is -2.14. The Bertz CT molecular complexity index is 855. The molecule has 0 aliphatic carbocycles. The molecule has 0 aliphatic heterocycles. The van der Waals surface area contributed by atoms with E-state index in [2.05, 4.69) is 26.6 Å². The highest BCUT2D eigenvalue weighted by molar-refractivity contribution is 9.10. The predicted molar refractivity (Wildman–Crippen MR) is 112 cm³/mol. The fourth-order valence-corrected chi connectivity index (χ4v) is 2.70. The number of carboxylic acid groups (broad SMARTS) is 1. The fraction of sp³-hybridized carbons (Fsp3) is 0.211. The number of anilines is 1. The molecule has 27 heavy (non-hydrogen) atoms. The topological polar surface area (TPSA) is 87.7 Å². The molecule has 0 radical (unpaired) electrons. The van der Waals surface area contributed by atoms with Gasteiger partial charge in [-0.1, -0.05) is 22.9 Å². The first-order valence-electron chi connectivity index (χ1n) is 8.22. The van der Waals surface area contributed by atoms with Crippen molar-refractivity contribution in [1.29, 1.82) is 0 Å². The van der Waals surface area contributed by atoms with Gasteiger partial charge in [-0.3, -0.25) is 10.1 Å². The molecular formula is C19H19BrN2O4S. The molecule has 0 saturated carbocycles. The van der Waals surface area contributed by atoms with Crippen molar-refractivity contribution in [3.63, 3.8) is 0 Å². The lowest BCUT2D eigenvalue weighted by atomic mass is 10.2. The van der Waals surface area contributed by atoms with Crippen LogP contribution < -0.4 is 15.4 Å². The van der Waals surface area contributed by atoms with Crippen LogP contribution >= 0.6 is 28.1 Å². The van der Waals surface area contributed by atoms with Gasteiger partial charge in [-0.15, -0.1) is 0 Å². The first-order valence-corrected chi connectivity index (χ1v) is 9.42. The van der Waals surface area contributed by atoms with Crippen molar-refractivity contribution in [2.75, 3.05) is 5.32 Å². The number of thiocarbonyl (C=S) groups is 1. The van der Waals surface area contributed by atoms with Crippen LogP contribution in [0.15, 0.2) is 46.9 Å². The molecule has 0 unspecified atom stereocenters. The van der Waals surface area contributed by atoms with Gasteiger partial charge in [0.05, 0.1) is 17.4 Å². The Morgan fingerprint density at radius 2 is 1.89 bits per heavy atom. The quantitative estimate of drug-likeness (QED) is 0.563. The summed E-state index contributed by atoms with van der Waals surface area (Å²) in [6, 6.07) is 11.4. The molecule has 0 heterocycles. The lowest BCUT2D eigenvalue weighted by molar-refractivity contribution is 0.0697. The molecule has 6 nitrogen and oxygen atoms in total. The van der Waals surface area contributed by atoms with Crippen molar-refractivity contribution in [3.05, 3.63) is 58.1 Å². The maximum Gasteiger partial charge on any atom is 0.337 e. The lowest BCUT2D eigenvalue weighted by Crippen LogP contribution is -2.34. The Morgan fingerprint density at radius 1 is 1.22 bits per heavy atom. The highest BCUT2D eigenvalue weighted by Gasteiger charge is 2.14. The van der Waals surface area contributed by atoms with Crippen molar-refractivity contribution in [2.24, 2.45) is 0 Å². The fourth-order valence-electron chi connectivity index (χ4n) is 2.13. The molecule has 0 bridgehead atoms. The van der Waals surface area contributed by atoms with Crippen LogP contribution in [-0.4, -0.2) is 28.2 Å². The third kappa shape index (κ3) is 6.04. The minimum absolute atomic E-state index is 0.00440. The van der Waals surface area contributed by atoms with Crippen molar-refractivity contribution in [2.45, 2.75) is 26.4 Å². The summed E-state index contributed by atoms with van der Waals surface area (Å²) >= 11 is 8.34. The summed E-state index contributed by atoms with van der Waals surface area (Å²) in [7, 11) is 0. The van der Waals surface area contributed by atoms with Gasteiger partial charge >= 0.3 is 5.97 Å². The second-order valence-corrected chi connectivity index (χ2v) is 7.09. The Kier molecular flexibility index (Phi) is 7.32. The molecule has 1 atom stereocenters. The molecule has 8 heteroatoms. The van der Waals surface area contributed by atoms with Gasteiger partial charge in [-0.2, -0.15) is 0 Å². The largest absolute Gasteiger partial charge is 0.491 e. The van der Waals surface area contributed by atoms with E-state index in [-0.39, 0.29) is 22.5 Å². The van der Waals surface area contributed by atoms with Crippen LogP contribution in [0.5, 0.6) is 5.75 Å². The smallest absolute Gasteiger partial charge is 0.337 e. The first kappa shape index (κ1) is 20.9. The zero-order valence-corrected chi connectivity index (χ0v) is 17.2. The molecule has 2 aromatic carbocycles. The summed E-state index contributed by atoms with van der Waals surface area (Å²) in [5, 5.41) is 14.5. The Morgan fingerprint density at radius 3 is 2.48 bits per heavy atom. The van der Waals surface area contributed by atoms with Crippen LogP contribution in [0, 0.1) is 0 Å². The standard InChI is InChI=1S/C19H19BrN2O4S/c1-3-11(2)26-14-7-4-12(5-8-14)17(23)22-19(27)21-16-9-6-13(20)10-15(16)18(24)25/h4-11H,3H2,1-2H3,(H,24,25)(H2,21,22,23,27)/t11-/m1/s1. The van der Waals surface area contributed by atoms with Crippen LogP contribution in [0.2, 0.25) is 0 Å². The van der Waals surface area contributed by atoms with Crippen LogP contribution in [0.25, 0.3) is 0 Å². The summed E-state index contributed by atoms with van der Waals surface area (Å²) in [6.07, 6.45) is 0.979. The number of nitrogens with one attached hydrogen (secondary N) is 2. The highest BCUT2D eigenvalue weighted by atomic mass is 79.9. The van der Waals surface area contributed by atoms with E-state index in [0.717, 1.165) is 6.42 Å². The average Bonchev–Trinajstić information content (AvgIpc) is 2.63. The second-order valence-electron chi connectivity index (χ2n) is 5.76. The molecule has 0 saturated heterocycles. The Hall–Kier alpha value is -2.45. The number of rotatable bonds is 6. The van der Waals surface area contributed by atoms with E-state index in [0.29, 0.717) is 15.8 Å². The summed E-state index contributed by atoms with van der Waals surface area (Å²) in [4.78, 5) is 23.6. The van der Waals surface area contributed by atoms with E-state index in [4.69, 9.17) is 17.0 Å². The molecule has 2 rings (SSSR count). The molecule has 0 aromatic heterocycles. The molecule has 1 amide bonds. The number of carboxylic acids is 1. The Labute approximate surface area is 171 Å². The minimum Gasteiger partial charge on any atom is -0.491 e. The van der Waals surface area contributed by atoms with Gasteiger partial charge in [0.1, 0.15) is 5.75 Å². The zero-order chi connectivity index (χ0) is 20.0. The van der Waals surface area contributed by atoms with Crippen LogP contribution in [0.1, 0.15) is 41.0 Å². The number of hydrogen-bond acceptors (Lipinski definition) is 4. The first-order chi connectivity index (χ1) is 12.8. The van der Waals surface area contributed by atoms with Gasteiger partial charge in [0.15, 0.2) is 5.11 Å². The molecule has 0 aliphatic rings. The number of amides is 1. The summed E-state index contributed by atoms with van der Waals surface area (Å²) < 4.78 is 6.30. The van der Waals surface area contributed by atoms with E-state index in [1.54, 1.807) is 36.4 Å². The number of aromatic carboxylic acids is 1. The highest BCUT2D eigenvalue weighted by Crippen LogP contribution is 2.21. The monoisotopic (exact) mass is 450 g/mol. The zero-order valence-electron chi connectivity index (χ0n) is 14.8. The van der Waals surface area contributed by atoms with E-state index in [1.165, 1.54) is 6.07 Å². The normalized spacial score (nSPS) is 11.4. The second kappa shape index (κ2) is 9.48. The molecule has 2 aromatic rings. The van der Waals surface area contributed by atoms with Gasteiger partial charge in [0.2, 0.25) is 0 Å². The Balaban J connectivity index is 2.02. The van der Waals surface area contributed by atoms with Crippen molar-refractivity contribution >= 4 is 50.8 Å². The van der Waals surface area contributed by atoms with Gasteiger partial charge in [-0.25, -0.2) is 4.79 Å². The third-order valence-electron chi connectivity index (χ3n) is 3.72. The molecule has 3 N–H and O–H groups in total. The molecule has 0 fully saturated rings. The number of benzene rings is 2. The van der Waals surface area contributed by atoms with Crippen molar-refractivity contribution in [1.82, 2.24) is 5.32 Å². The molecular weight excluding hydrogens is 432 g/mol. The van der Waals surface area contributed by atoms with Crippen LogP contribution in [0.4, 0.5) is 5.69 Å². The minimum atomic E-state index is -1.11. The summed E-state index contributed by atoms with van der Waals surface area (Å²) in [6.45, 7) is 4.00. The number of halogens is 1. The number of hydrogen-bond donors (Lipinski definition) is 3. The molecule has 0 spiro atoms. The molecule has 142 valence electrons. The maximum absolute atomic E-state index is 12.3. The van der Waals surface area contributed by atoms with E-state index >= 15 is 0 Å². The van der Waals surface area contributed by atoms with E-state index in [9.17, 15) is 14.7 Å². The predicted octanol–water partition coefficient (Wildman–Crippen LogP) is 4.45. The van der Waals surface area contributed by atoms with Crippen LogP contribution in [0.3, 0.4) is 0 Å². The van der Waals surface area contributed by atoms with Crippen molar-refractivity contribution < 1.29 is 19.4 Å². The summed E-state index contributed by atoms with van der Waals surface area (Å²) in [5.74, 6) is -0.830. The summed E-state index contributed by atoms with van der Waals surface area (Å²) in [5.41, 5.74) is 0.728. The maximum atomic E-state index is 12.3. The van der Waals surface area contributed by atoms with Crippen molar-refractivity contribution in [3.8, 4) is 5.75 Å². The van der Waals surface area contributed by atoms with E-state index < -0.39 is 11.9 Å². The van der Waals surface area contributed by atoms with E-state index in [1.807, 2.05) is 13.8 Å². The van der Waals surface area contributed by atoms with Crippen LogP contribution in [-0.2, 0) is 0 Å². The van der Waals surface area contributed by atoms with Gasteiger partial charge in [0.25, 0.3) is 5.91 Å². The number of ether oxygens (including phenoxy) is 1. The van der Waals surface area contributed by atoms with Gasteiger partial charge < -0.3 is 15.2 Å². The average molecular weight is 451 g/mol. The SMILES string of the molecule is CC[C@@H](C)Oc1ccc(C(=O)NC(=S)Nc2ccc(Br)cc2C(=O)O)cc1. The third-order valence-corrected chi connectivity index (χ3v) is 4.41. The number of carbonyl (C=O) groups is 2. The van der Waals surface area contributed by atoms with Gasteiger partial charge in [-0.05, 0) is 68.0 Å². The van der Waals surface area contributed by atoms with Gasteiger partial charge in [0, 0.05) is 10.0 Å². The number of carbonyl (C=O) groups excluding carboxylic acids is 1.